The third-order valence-electron chi connectivity index (χ3n) is 4.12. The van der Waals surface area contributed by atoms with Crippen LogP contribution in [0.25, 0.3) is 0 Å². The molecule has 31 heavy (non-hydrogen) atoms. The lowest BCUT2D eigenvalue weighted by atomic mass is 10.1. The maximum absolute atomic E-state index is 13.1. The molecule has 0 unspecified atom stereocenters. The molecule has 0 aliphatic heterocycles. The van der Waals surface area contributed by atoms with Crippen molar-refractivity contribution in [1.29, 1.82) is 0 Å². The van der Waals surface area contributed by atoms with Gasteiger partial charge in [0.25, 0.3) is 5.91 Å². The maximum atomic E-state index is 13.1. The molecule has 0 fully saturated rings. The van der Waals surface area contributed by atoms with Crippen LogP contribution in [0.4, 0.5) is 13.2 Å². The van der Waals surface area contributed by atoms with Gasteiger partial charge in [-0.3, -0.25) is 4.79 Å². The van der Waals surface area contributed by atoms with E-state index in [9.17, 15) is 28.2 Å². The molecule has 9 heteroatoms. The number of hydrogen-bond acceptors (Lipinski definition) is 5. The molecule has 3 rings (SSSR count). The Balaban J connectivity index is 1.64. The molecular formula is C22H17F3N2O4. The van der Waals surface area contributed by atoms with E-state index in [-0.39, 0.29) is 29.2 Å². The van der Waals surface area contributed by atoms with E-state index in [4.69, 9.17) is 4.74 Å². The molecule has 6 nitrogen and oxygen atoms in total. The molecule has 0 radical (unpaired) electrons. The minimum Gasteiger partial charge on any atom is -0.508 e. The number of hydrazone groups is 1. The number of benzene rings is 3. The Labute approximate surface area is 175 Å². The molecule has 3 aromatic rings. The number of aromatic hydroxyl groups is 2. The zero-order valence-corrected chi connectivity index (χ0v) is 15.9. The molecular weight excluding hydrogens is 413 g/mol. The molecule has 160 valence electrons. The smallest absolute Gasteiger partial charge is 0.416 e. The van der Waals surface area contributed by atoms with Crippen molar-refractivity contribution in [2.75, 3.05) is 0 Å². The molecule has 0 aliphatic carbocycles. The molecule has 3 aromatic carbocycles. The first-order valence-electron chi connectivity index (χ1n) is 8.97. The van der Waals surface area contributed by atoms with Crippen LogP contribution in [-0.4, -0.2) is 22.3 Å². The van der Waals surface area contributed by atoms with Gasteiger partial charge in [0.1, 0.15) is 23.9 Å². The number of nitrogens with one attached hydrogen (secondary N) is 1. The van der Waals surface area contributed by atoms with Crippen molar-refractivity contribution in [3.05, 3.63) is 89.0 Å². The van der Waals surface area contributed by atoms with E-state index in [0.29, 0.717) is 11.3 Å². The molecule has 0 heterocycles. The van der Waals surface area contributed by atoms with Crippen LogP contribution >= 0.6 is 0 Å². The van der Waals surface area contributed by atoms with Gasteiger partial charge >= 0.3 is 6.18 Å². The van der Waals surface area contributed by atoms with Crippen molar-refractivity contribution in [1.82, 2.24) is 5.43 Å². The second-order valence-electron chi connectivity index (χ2n) is 6.45. The van der Waals surface area contributed by atoms with Gasteiger partial charge < -0.3 is 14.9 Å². The lowest BCUT2D eigenvalue weighted by Gasteiger charge is -2.13. The Hall–Kier alpha value is -4.01. The fourth-order valence-electron chi connectivity index (χ4n) is 2.72. The molecule has 1 amide bonds. The summed E-state index contributed by atoms with van der Waals surface area (Å²) in [5.41, 5.74) is 2.04. The first-order chi connectivity index (χ1) is 14.7. The number of alkyl halides is 3. The van der Waals surface area contributed by atoms with E-state index >= 15 is 0 Å². The van der Waals surface area contributed by atoms with Crippen LogP contribution < -0.4 is 10.2 Å². The maximum Gasteiger partial charge on any atom is 0.416 e. The van der Waals surface area contributed by atoms with Crippen molar-refractivity contribution in [3.8, 4) is 17.2 Å². The van der Waals surface area contributed by atoms with E-state index < -0.39 is 17.6 Å². The van der Waals surface area contributed by atoms with Gasteiger partial charge in [-0.1, -0.05) is 30.3 Å². The van der Waals surface area contributed by atoms with Gasteiger partial charge in [0.05, 0.1) is 11.8 Å². The second-order valence-corrected chi connectivity index (χ2v) is 6.45. The highest BCUT2D eigenvalue weighted by atomic mass is 19.4. The summed E-state index contributed by atoms with van der Waals surface area (Å²) in [6.07, 6.45) is -3.16. The van der Waals surface area contributed by atoms with E-state index in [0.717, 1.165) is 24.3 Å². The third kappa shape index (κ3) is 5.99. The number of nitrogens with zero attached hydrogens (tertiary/aromatic N) is 1. The Morgan fingerprint density at radius 1 is 1.00 bits per heavy atom. The van der Waals surface area contributed by atoms with Crippen LogP contribution in [0, 0.1) is 0 Å². The lowest BCUT2D eigenvalue weighted by molar-refractivity contribution is -0.138. The average molecular weight is 430 g/mol. The quantitative estimate of drug-likeness (QED) is 0.398. The highest BCUT2D eigenvalue weighted by molar-refractivity contribution is 5.95. The molecule has 0 bridgehead atoms. The summed E-state index contributed by atoms with van der Waals surface area (Å²) >= 11 is 0. The van der Waals surface area contributed by atoms with E-state index in [1.807, 2.05) is 0 Å². The van der Waals surface area contributed by atoms with Crippen molar-refractivity contribution in [3.63, 3.8) is 0 Å². The highest BCUT2D eigenvalue weighted by Crippen LogP contribution is 2.32. The van der Waals surface area contributed by atoms with Crippen LogP contribution in [0.2, 0.25) is 0 Å². The summed E-state index contributed by atoms with van der Waals surface area (Å²) in [5.74, 6) is -0.874. The minimum atomic E-state index is -4.47. The van der Waals surface area contributed by atoms with Gasteiger partial charge in [0.15, 0.2) is 0 Å². The normalized spacial score (nSPS) is 11.5. The molecule has 0 saturated carbocycles. The number of hydrogen-bond donors (Lipinski definition) is 3. The number of carbonyl (C=O) groups is 1. The SMILES string of the molecule is O=C(N/N=C/c1cccc(OCc2ccccc2C(F)(F)F)c1)c1cc(O)cc(O)c1. The minimum absolute atomic E-state index is 0.00932. The number of phenols is 2. The first kappa shape index (κ1) is 21.7. The van der Waals surface area contributed by atoms with E-state index in [1.54, 1.807) is 24.3 Å². The zero-order chi connectivity index (χ0) is 22.4. The fraction of sp³-hybridized carbons (Fsp3) is 0.0909. The lowest BCUT2D eigenvalue weighted by Crippen LogP contribution is -2.17. The second kappa shape index (κ2) is 9.21. The van der Waals surface area contributed by atoms with Crippen molar-refractivity contribution >= 4 is 12.1 Å². The molecule has 3 N–H and O–H groups in total. The zero-order valence-electron chi connectivity index (χ0n) is 15.9. The molecule has 0 atom stereocenters. The number of rotatable bonds is 6. The van der Waals surface area contributed by atoms with Gasteiger partial charge in [0.2, 0.25) is 0 Å². The monoisotopic (exact) mass is 430 g/mol. The van der Waals surface area contributed by atoms with Gasteiger partial charge in [-0.25, -0.2) is 5.43 Å². The van der Waals surface area contributed by atoms with Crippen LogP contribution in [-0.2, 0) is 12.8 Å². The summed E-state index contributed by atoms with van der Waals surface area (Å²) in [6.45, 7) is -0.270. The number of halogens is 3. The molecule has 0 aliphatic rings. The summed E-state index contributed by atoms with van der Waals surface area (Å²) in [7, 11) is 0. The number of carbonyl (C=O) groups excluding carboxylic acids is 1. The van der Waals surface area contributed by atoms with Gasteiger partial charge in [-0.05, 0) is 35.9 Å². The van der Waals surface area contributed by atoms with Crippen LogP contribution in [0.15, 0.2) is 71.8 Å². The number of phenolic OH excluding ortho intramolecular Hbond substituents is 2. The summed E-state index contributed by atoms with van der Waals surface area (Å²) in [4.78, 5) is 12.0. The van der Waals surface area contributed by atoms with Crippen LogP contribution in [0.5, 0.6) is 17.2 Å². The Kier molecular flexibility index (Phi) is 6.44. The molecule has 0 aromatic heterocycles. The third-order valence-corrected chi connectivity index (χ3v) is 4.12. The van der Waals surface area contributed by atoms with Crippen molar-refractivity contribution < 1.29 is 32.9 Å². The predicted molar refractivity (Wildman–Crippen MR) is 107 cm³/mol. The van der Waals surface area contributed by atoms with Gasteiger partial charge in [-0.15, -0.1) is 0 Å². The predicted octanol–water partition coefficient (Wildman–Crippen LogP) is 4.46. The van der Waals surface area contributed by atoms with Gasteiger partial charge in [0, 0.05) is 17.2 Å². The number of ether oxygens (including phenoxy) is 1. The number of amides is 1. The summed E-state index contributed by atoms with van der Waals surface area (Å²) in [6, 6.07) is 15.0. The van der Waals surface area contributed by atoms with Crippen LogP contribution in [0.3, 0.4) is 0 Å². The molecule has 0 spiro atoms. The van der Waals surface area contributed by atoms with E-state index in [2.05, 4.69) is 10.5 Å². The molecule has 0 saturated heterocycles. The Morgan fingerprint density at radius 3 is 2.42 bits per heavy atom. The standard InChI is InChI=1S/C22H17F3N2O4/c23-22(24,25)20-7-2-1-5-15(20)13-31-19-6-3-4-14(8-19)12-26-27-21(30)16-9-17(28)11-18(29)10-16/h1-12,28-29H,13H2,(H,27,30)/b26-12+. The summed E-state index contributed by atoms with van der Waals surface area (Å²) < 4.78 is 44.7. The Morgan fingerprint density at radius 2 is 1.71 bits per heavy atom. The van der Waals surface area contributed by atoms with Crippen molar-refractivity contribution in [2.24, 2.45) is 5.10 Å². The van der Waals surface area contributed by atoms with Crippen LogP contribution in [0.1, 0.15) is 27.0 Å². The fourth-order valence-corrected chi connectivity index (χ4v) is 2.72. The summed E-state index contributed by atoms with van der Waals surface area (Å²) in [5, 5.41) is 22.6. The largest absolute Gasteiger partial charge is 0.508 e. The van der Waals surface area contributed by atoms with Crippen molar-refractivity contribution in [2.45, 2.75) is 12.8 Å². The highest BCUT2D eigenvalue weighted by Gasteiger charge is 2.32. The van der Waals surface area contributed by atoms with Gasteiger partial charge in [-0.2, -0.15) is 18.3 Å². The van der Waals surface area contributed by atoms with E-state index in [1.165, 1.54) is 24.4 Å². The Bertz CT molecular complexity index is 1090. The first-order valence-corrected chi connectivity index (χ1v) is 8.97. The average Bonchev–Trinajstić information content (AvgIpc) is 2.71. The topological polar surface area (TPSA) is 91.2 Å².